The Kier molecular flexibility index (Phi) is 4.65. The van der Waals surface area contributed by atoms with E-state index >= 15 is 0 Å². The monoisotopic (exact) mass is 321 g/mol. The number of nitrogens with one attached hydrogen (secondary N) is 1. The van der Waals surface area contributed by atoms with E-state index in [-0.39, 0.29) is 16.3 Å². The largest absolute Gasteiger partial charge is 0.268 e. The molecule has 0 amide bonds. The van der Waals surface area contributed by atoms with Crippen molar-refractivity contribution in [2.24, 2.45) is 7.05 Å². The lowest BCUT2D eigenvalue weighted by molar-refractivity contribution is 0.600. The lowest BCUT2D eigenvalue weighted by Crippen LogP contribution is -2.21. The maximum atomic E-state index is 12.3. The minimum Gasteiger partial charge on any atom is -0.268 e. The van der Waals surface area contributed by atoms with Crippen molar-refractivity contribution in [2.75, 3.05) is 4.72 Å². The highest BCUT2D eigenvalue weighted by Gasteiger charge is 2.15. The lowest BCUT2D eigenvalue weighted by atomic mass is 9.99. The van der Waals surface area contributed by atoms with Gasteiger partial charge in [0.1, 0.15) is 0 Å². The van der Waals surface area contributed by atoms with Crippen LogP contribution in [0.1, 0.15) is 31.7 Å². The third-order valence-corrected chi connectivity index (χ3v) is 4.94. The topological polar surface area (TPSA) is 81.1 Å². The van der Waals surface area contributed by atoms with Crippen molar-refractivity contribution < 1.29 is 8.42 Å². The normalized spacial score (nSPS) is 12.9. The number of anilines is 1. The molecule has 2 rings (SSSR count). The molecule has 6 nitrogen and oxygen atoms in total. The zero-order valence-corrected chi connectivity index (χ0v) is 13.6. The number of hydrogen-bond donors (Lipinski definition) is 1. The first-order valence-electron chi connectivity index (χ1n) is 7.00. The van der Waals surface area contributed by atoms with Crippen LogP contribution >= 0.6 is 0 Å². The molecule has 0 saturated carbocycles. The van der Waals surface area contributed by atoms with Gasteiger partial charge in [0.05, 0.1) is 4.90 Å². The zero-order chi connectivity index (χ0) is 16.3. The highest BCUT2D eigenvalue weighted by molar-refractivity contribution is 7.92. The number of aryl methyl sites for hydroxylation is 1. The number of benzene rings is 1. The first kappa shape index (κ1) is 16.2. The fraction of sp³-hybridized carbons (Fsp3) is 0.333. The van der Waals surface area contributed by atoms with Crippen molar-refractivity contribution in [2.45, 2.75) is 31.1 Å². The second-order valence-electron chi connectivity index (χ2n) is 5.16. The molecule has 0 aliphatic carbocycles. The van der Waals surface area contributed by atoms with Gasteiger partial charge >= 0.3 is 0 Å². The maximum Gasteiger partial charge on any atom is 0.266 e. The number of aromatic nitrogens is 2. The van der Waals surface area contributed by atoms with Crippen LogP contribution in [-0.2, 0) is 17.1 Å². The van der Waals surface area contributed by atoms with E-state index in [0.717, 1.165) is 16.7 Å². The Bertz CT molecular complexity index is 811. The predicted octanol–water partition coefficient (Wildman–Crippen LogP) is 2.09. The van der Waals surface area contributed by atoms with E-state index in [1.54, 1.807) is 12.1 Å². The molecule has 0 bridgehead atoms. The van der Waals surface area contributed by atoms with E-state index < -0.39 is 10.0 Å². The van der Waals surface area contributed by atoms with Gasteiger partial charge in [-0.15, -0.1) is 0 Å². The van der Waals surface area contributed by atoms with E-state index in [1.807, 2.05) is 12.1 Å². The summed E-state index contributed by atoms with van der Waals surface area (Å²) < 4.78 is 28.1. The molecule has 7 heteroatoms. The van der Waals surface area contributed by atoms with Gasteiger partial charge in [0.25, 0.3) is 15.6 Å². The first-order chi connectivity index (χ1) is 10.3. The third-order valence-electron chi connectivity index (χ3n) is 3.57. The summed E-state index contributed by atoms with van der Waals surface area (Å²) in [5, 5.41) is 3.86. The van der Waals surface area contributed by atoms with E-state index in [4.69, 9.17) is 0 Å². The van der Waals surface area contributed by atoms with Crippen LogP contribution in [0, 0.1) is 0 Å². The summed E-state index contributed by atoms with van der Waals surface area (Å²) in [6.45, 7) is 4.18. The van der Waals surface area contributed by atoms with Crippen molar-refractivity contribution in [1.29, 1.82) is 0 Å². The number of hydrogen-bond acceptors (Lipinski definition) is 4. The molecule has 0 aliphatic rings. The van der Waals surface area contributed by atoms with Gasteiger partial charge in [0.15, 0.2) is 5.82 Å². The van der Waals surface area contributed by atoms with Crippen molar-refractivity contribution in [3.05, 3.63) is 52.3 Å². The van der Waals surface area contributed by atoms with Crippen LogP contribution in [0.4, 0.5) is 5.82 Å². The SMILES string of the molecule is CCC(C)c1ccc(S(=O)(=O)Nc2ccc(=O)n(C)n2)cc1. The van der Waals surface area contributed by atoms with Crippen LogP contribution in [0.5, 0.6) is 0 Å². The van der Waals surface area contributed by atoms with Crippen molar-refractivity contribution >= 4 is 15.8 Å². The van der Waals surface area contributed by atoms with Gasteiger partial charge in [-0.05, 0) is 36.1 Å². The van der Waals surface area contributed by atoms with Crippen molar-refractivity contribution in [3.8, 4) is 0 Å². The Balaban J connectivity index is 2.26. The number of nitrogens with zero attached hydrogens (tertiary/aromatic N) is 2. The quantitative estimate of drug-likeness (QED) is 0.914. The average molecular weight is 321 g/mol. The molecule has 22 heavy (non-hydrogen) atoms. The van der Waals surface area contributed by atoms with E-state index in [2.05, 4.69) is 23.7 Å². The van der Waals surface area contributed by atoms with Crippen LogP contribution in [0.15, 0.2) is 46.1 Å². The van der Waals surface area contributed by atoms with E-state index in [9.17, 15) is 13.2 Å². The van der Waals surface area contributed by atoms with Gasteiger partial charge in [-0.2, -0.15) is 5.10 Å². The van der Waals surface area contributed by atoms with Gasteiger partial charge in [0.2, 0.25) is 0 Å². The summed E-state index contributed by atoms with van der Waals surface area (Å²) in [5.74, 6) is 0.489. The minimum atomic E-state index is -3.72. The summed E-state index contributed by atoms with van der Waals surface area (Å²) in [6.07, 6.45) is 0.992. The molecule has 1 atom stereocenters. The lowest BCUT2D eigenvalue weighted by Gasteiger charge is -2.11. The highest BCUT2D eigenvalue weighted by atomic mass is 32.2. The second kappa shape index (κ2) is 6.31. The molecule has 0 spiro atoms. The molecule has 0 radical (unpaired) electrons. The Hall–Kier alpha value is -2.15. The predicted molar refractivity (Wildman–Crippen MR) is 85.4 cm³/mol. The molecular weight excluding hydrogens is 302 g/mol. The molecule has 1 aromatic heterocycles. The second-order valence-corrected chi connectivity index (χ2v) is 6.85. The van der Waals surface area contributed by atoms with Crippen LogP contribution in [0.3, 0.4) is 0 Å². The summed E-state index contributed by atoms with van der Waals surface area (Å²) in [6, 6.07) is 9.38. The van der Waals surface area contributed by atoms with Gasteiger partial charge in [-0.3, -0.25) is 9.52 Å². The fourth-order valence-corrected chi connectivity index (χ4v) is 2.96. The molecule has 118 valence electrons. The van der Waals surface area contributed by atoms with Gasteiger partial charge in [-0.1, -0.05) is 26.0 Å². The highest BCUT2D eigenvalue weighted by Crippen LogP contribution is 2.21. The molecule has 0 fully saturated rings. The van der Waals surface area contributed by atoms with Crippen molar-refractivity contribution in [3.63, 3.8) is 0 Å². The third kappa shape index (κ3) is 3.54. The summed E-state index contributed by atoms with van der Waals surface area (Å²) >= 11 is 0. The van der Waals surface area contributed by atoms with Crippen molar-refractivity contribution in [1.82, 2.24) is 9.78 Å². The smallest absolute Gasteiger partial charge is 0.266 e. The standard InChI is InChI=1S/C15H19N3O3S/c1-4-11(2)12-5-7-13(8-6-12)22(20,21)17-14-9-10-15(19)18(3)16-14/h5-11H,4H2,1-3H3,(H,16,17). The minimum absolute atomic E-state index is 0.105. The fourth-order valence-electron chi connectivity index (χ4n) is 1.96. The average Bonchev–Trinajstić information content (AvgIpc) is 2.50. The number of rotatable bonds is 5. The van der Waals surface area contributed by atoms with Crippen LogP contribution in [0.25, 0.3) is 0 Å². The Morgan fingerprint density at radius 2 is 1.82 bits per heavy atom. The first-order valence-corrected chi connectivity index (χ1v) is 8.49. The van der Waals surface area contributed by atoms with Crippen LogP contribution in [0.2, 0.25) is 0 Å². The summed E-state index contributed by atoms with van der Waals surface area (Å²) in [7, 11) is -2.26. The molecule has 1 aromatic carbocycles. The van der Waals surface area contributed by atoms with E-state index in [0.29, 0.717) is 5.92 Å². The van der Waals surface area contributed by atoms with Gasteiger partial charge < -0.3 is 0 Å². The molecule has 2 aromatic rings. The molecule has 1 heterocycles. The Morgan fingerprint density at radius 1 is 1.18 bits per heavy atom. The maximum absolute atomic E-state index is 12.3. The summed E-state index contributed by atoms with van der Waals surface area (Å²) in [5.41, 5.74) is 0.794. The van der Waals surface area contributed by atoms with Crippen LogP contribution < -0.4 is 10.3 Å². The van der Waals surface area contributed by atoms with Gasteiger partial charge in [-0.25, -0.2) is 13.1 Å². The Labute approximate surface area is 129 Å². The molecule has 0 aliphatic heterocycles. The molecule has 0 saturated heterocycles. The van der Waals surface area contributed by atoms with Crippen LogP contribution in [-0.4, -0.2) is 18.2 Å². The Morgan fingerprint density at radius 3 is 2.36 bits per heavy atom. The van der Waals surface area contributed by atoms with E-state index in [1.165, 1.54) is 19.2 Å². The zero-order valence-electron chi connectivity index (χ0n) is 12.8. The molecular formula is C15H19N3O3S. The summed E-state index contributed by atoms with van der Waals surface area (Å²) in [4.78, 5) is 11.4. The molecule has 1 N–H and O–H groups in total. The molecule has 1 unspecified atom stereocenters. The van der Waals surface area contributed by atoms with Gasteiger partial charge in [0, 0.05) is 13.1 Å². The number of sulfonamides is 1.